The lowest BCUT2D eigenvalue weighted by Crippen LogP contribution is -1.91. The highest BCUT2D eigenvalue weighted by molar-refractivity contribution is 7.98. The van der Waals surface area contributed by atoms with Crippen LogP contribution in [0.25, 0.3) is 0 Å². The number of nitriles is 1. The molecule has 1 aromatic heterocycles. The van der Waals surface area contributed by atoms with E-state index in [-0.39, 0.29) is 0 Å². The van der Waals surface area contributed by atoms with Gasteiger partial charge >= 0.3 is 0 Å². The molecule has 4 heteroatoms. The van der Waals surface area contributed by atoms with E-state index in [1.54, 1.807) is 24.0 Å². The third kappa shape index (κ3) is 1.69. The van der Waals surface area contributed by atoms with E-state index in [4.69, 9.17) is 10.00 Å². The summed E-state index contributed by atoms with van der Waals surface area (Å²) < 4.78 is 4.89. The van der Waals surface area contributed by atoms with Crippen LogP contribution in [0.2, 0.25) is 0 Å². The molecule has 0 aromatic carbocycles. The number of aromatic nitrogens is 1. The Hall–Kier alpha value is -1.21. The number of hydrogen-bond acceptors (Lipinski definition) is 4. The minimum absolute atomic E-state index is 0.385. The van der Waals surface area contributed by atoms with Gasteiger partial charge in [-0.15, -0.1) is 11.8 Å². The van der Waals surface area contributed by atoms with Gasteiger partial charge in [0.15, 0.2) is 0 Å². The monoisotopic (exact) mass is 180 g/mol. The number of nitrogens with zero attached hydrogens (tertiary/aromatic N) is 2. The summed E-state index contributed by atoms with van der Waals surface area (Å²) in [6.45, 7) is 0. The summed E-state index contributed by atoms with van der Waals surface area (Å²) in [4.78, 5) is 4.94. The molecule has 0 radical (unpaired) electrons. The number of rotatable bonds is 2. The third-order valence-electron chi connectivity index (χ3n) is 1.38. The maximum atomic E-state index is 8.69. The van der Waals surface area contributed by atoms with Crippen LogP contribution in [0.15, 0.2) is 17.2 Å². The van der Waals surface area contributed by atoms with E-state index in [9.17, 15) is 0 Å². The van der Waals surface area contributed by atoms with Crippen LogP contribution in [0.4, 0.5) is 0 Å². The molecule has 0 unspecified atom stereocenters. The first-order valence-electron chi connectivity index (χ1n) is 3.30. The quantitative estimate of drug-likeness (QED) is 0.650. The Labute approximate surface area is 75.4 Å². The zero-order valence-electron chi connectivity index (χ0n) is 6.87. The predicted molar refractivity (Wildman–Crippen MR) is 47.3 cm³/mol. The van der Waals surface area contributed by atoms with Crippen molar-refractivity contribution in [3.05, 3.63) is 17.8 Å². The summed E-state index contributed by atoms with van der Waals surface area (Å²) >= 11 is 1.55. The molecular weight excluding hydrogens is 172 g/mol. The van der Waals surface area contributed by atoms with Gasteiger partial charge in [0.25, 0.3) is 0 Å². The largest absolute Gasteiger partial charge is 0.480 e. The number of hydrogen-bond donors (Lipinski definition) is 0. The normalized spacial score (nSPS) is 9.08. The van der Waals surface area contributed by atoms with Gasteiger partial charge in [-0.2, -0.15) is 5.26 Å². The van der Waals surface area contributed by atoms with Crippen LogP contribution in [0.3, 0.4) is 0 Å². The minimum Gasteiger partial charge on any atom is -0.480 e. The summed E-state index contributed by atoms with van der Waals surface area (Å²) in [6.07, 6.45) is 3.62. The van der Waals surface area contributed by atoms with Crippen molar-refractivity contribution in [2.45, 2.75) is 4.90 Å². The molecular formula is C8H8N2OS. The zero-order valence-corrected chi connectivity index (χ0v) is 7.68. The minimum atomic E-state index is 0.385. The molecule has 3 nitrogen and oxygen atoms in total. The molecule has 0 saturated heterocycles. The molecule has 0 aliphatic rings. The van der Waals surface area contributed by atoms with Crippen LogP contribution in [-0.4, -0.2) is 18.3 Å². The third-order valence-corrected chi connectivity index (χ3v) is 2.07. The second kappa shape index (κ2) is 3.98. The van der Waals surface area contributed by atoms with Gasteiger partial charge in [0.2, 0.25) is 5.88 Å². The summed E-state index contributed by atoms with van der Waals surface area (Å²) in [5.41, 5.74) is 0.476. The lowest BCUT2D eigenvalue weighted by Gasteiger charge is -2.01. The Kier molecular flexibility index (Phi) is 2.94. The average molecular weight is 180 g/mol. The maximum Gasteiger partial charge on any atom is 0.231 e. The molecule has 1 heterocycles. The van der Waals surface area contributed by atoms with E-state index < -0.39 is 0 Å². The highest BCUT2D eigenvalue weighted by Gasteiger charge is 2.03. The summed E-state index contributed by atoms with van der Waals surface area (Å²) in [6, 6.07) is 3.78. The zero-order chi connectivity index (χ0) is 8.97. The lowest BCUT2D eigenvalue weighted by molar-refractivity contribution is 0.396. The van der Waals surface area contributed by atoms with Crippen molar-refractivity contribution in [3.63, 3.8) is 0 Å². The first kappa shape index (κ1) is 8.88. The Bertz CT molecular complexity index is 319. The molecule has 1 rings (SSSR count). The first-order valence-corrected chi connectivity index (χ1v) is 4.52. The van der Waals surface area contributed by atoms with Crippen molar-refractivity contribution >= 4 is 11.8 Å². The van der Waals surface area contributed by atoms with Crippen LogP contribution >= 0.6 is 11.8 Å². The van der Waals surface area contributed by atoms with Crippen molar-refractivity contribution in [3.8, 4) is 11.9 Å². The molecule has 0 atom stereocenters. The van der Waals surface area contributed by atoms with Gasteiger partial charge in [-0.05, 0) is 12.3 Å². The fraction of sp³-hybridized carbons (Fsp3) is 0.250. The van der Waals surface area contributed by atoms with Crippen molar-refractivity contribution in [1.82, 2.24) is 4.98 Å². The van der Waals surface area contributed by atoms with Gasteiger partial charge in [0.1, 0.15) is 11.6 Å². The van der Waals surface area contributed by atoms with E-state index in [1.165, 1.54) is 7.11 Å². The molecule has 0 N–H and O–H groups in total. The summed E-state index contributed by atoms with van der Waals surface area (Å²) in [5.74, 6) is 0.385. The maximum absolute atomic E-state index is 8.69. The standard InChI is InChI=1S/C8H8N2OS/c1-11-8-6(4-9)3-7(12-2)5-10-8/h3,5H,1-2H3. The highest BCUT2D eigenvalue weighted by atomic mass is 32.2. The molecule has 0 amide bonds. The van der Waals surface area contributed by atoms with E-state index in [1.807, 2.05) is 12.3 Å². The molecule has 12 heavy (non-hydrogen) atoms. The van der Waals surface area contributed by atoms with Crippen LogP contribution in [0.1, 0.15) is 5.56 Å². The molecule has 0 aliphatic heterocycles. The fourth-order valence-corrected chi connectivity index (χ4v) is 1.18. The Morgan fingerprint density at radius 2 is 2.42 bits per heavy atom. The average Bonchev–Trinajstić information content (AvgIpc) is 2.16. The Morgan fingerprint density at radius 1 is 1.67 bits per heavy atom. The number of ether oxygens (including phenoxy) is 1. The molecule has 62 valence electrons. The van der Waals surface area contributed by atoms with Crippen LogP contribution in [0.5, 0.6) is 5.88 Å². The van der Waals surface area contributed by atoms with E-state index in [0.717, 1.165) is 4.90 Å². The summed E-state index contributed by atoms with van der Waals surface area (Å²) in [7, 11) is 1.50. The van der Waals surface area contributed by atoms with Crippen LogP contribution in [-0.2, 0) is 0 Å². The SMILES string of the molecule is COc1ncc(SC)cc1C#N. The van der Waals surface area contributed by atoms with Crippen LogP contribution < -0.4 is 4.74 Å². The van der Waals surface area contributed by atoms with Gasteiger partial charge in [-0.3, -0.25) is 0 Å². The van der Waals surface area contributed by atoms with E-state index >= 15 is 0 Å². The van der Waals surface area contributed by atoms with Crippen molar-refractivity contribution < 1.29 is 4.74 Å². The van der Waals surface area contributed by atoms with Gasteiger partial charge in [0, 0.05) is 11.1 Å². The molecule has 0 bridgehead atoms. The molecule has 0 saturated carbocycles. The van der Waals surface area contributed by atoms with Gasteiger partial charge in [0.05, 0.1) is 7.11 Å². The van der Waals surface area contributed by atoms with Gasteiger partial charge in [-0.25, -0.2) is 4.98 Å². The summed E-state index contributed by atoms with van der Waals surface area (Å²) in [5, 5.41) is 8.69. The predicted octanol–water partition coefficient (Wildman–Crippen LogP) is 1.68. The Morgan fingerprint density at radius 3 is 2.92 bits per heavy atom. The fourth-order valence-electron chi connectivity index (χ4n) is 0.787. The molecule has 0 aliphatic carbocycles. The van der Waals surface area contributed by atoms with Gasteiger partial charge in [-0.1, -0.05) is 0 Å². The number of methoxy groups -OCH3 is 1. The highest BCUT2D eigenvalue weighted by Crippen LogP contribution is 2.20. The first-order chi connectivity index (χ1) is 5.81. The van der Waals surface area contributed by atoms with Crippen molar-refractivity contribution in [2.24, 2.45) is 0 Å². The smallest absolute Gasteiger partial charge is 0.231 e. The molecule has 0 fully saturated rings. The van der Waals surface area contributed by atoms with E-state index in [0.29, 0.717) is 11.4 Å². The lowest BCUT2D eigenvalue weighted by atomic mass is 10.3. The number of thioether (sulfide) groups is 1. The van der Waals surface area contributed by atoms with Gasteiger partial charge < -0.3 is 4.74 Å². The topological polar surface area (TPSA) is 45.9 Å². The molecule has 0 spiro atoms. The van der Waals surface area contributed by atoms with Crippen LogP contribution in [0, 0.1) is 11.3 Å². The second-order valence-electron chi connectivity index (χ2n) is 2.04. The molecule has 1 aromatic rings. The van der Waals surface area contributed by atoms with Crippen molar-refractivity contribution in [1.29, 1.82) is 5.26 Å². The van der Waals surface area contributed by atoms with E-state index in [2.05, 4.69) is 4.98 Å². The Balaban J connectivity index is 3.13. The number of pyridine rings is 1. The van der Waals surface area contributed by atoms with Crippen molar-refractivity contribution in [2.75, 3.05) is 13.4 Å². The second-order valence-corrected chi connectivity index (χ2v) is 2.92.